The van der Waals surface area contributed by atoms with Crippen LogP contribution in [0.3, 0.4) is 0 Å². The molecule has 4 saturated carbocycles. The van der Waals surface area contributed by atoms with Crippen LogP contribution >= 0.6 is 0 Å². The third-order valence-corrected chi connectivity index (χ3v) is 4.91. The molecule has 0 N–H and O–H groups in total. The van der Waals surface area contributed by atoms with Crippen LogP contribution in [0, 0.1) is 23.2 Å². The van der Waals surface area contributed by atoms with Crippen molar-refractivity contribution >= 4 is 5.97 Å². The number of hydrogen-bond donors (Lipinski definition) is 0. The SMILES string of the molecule is CCCOC(=O)C12CC3CC(CC(C3)C1)C2. The molecule has 0 aliphatic heterocycles. The molecular formula is C14H22O2. The third kappa shape index (κ3) is 1.57. The number of esters is 1. The van der Waals surface area contributed by atoms with Gasteiger partial charge >= 0.3 is 5.97 Å². The van der Waals surface area contributed by atoms with Crippen LogP contribution in [0.5, 0.6) is 0 Å². The summed E-state index contributed by atoms with van der Waals surface area (Å²) in [6, 6.07) is 0. The molecule has 0 unspecified atom stereocenters. The van der Waals surface area contributed by atoms with E-state index in [2.05, 4.69) is 6.92 Å². The molecule has 90 valence electrons. The average molecular weight is 222 g/mol. The van der Waals surface area contributed by atoms with E-state index in [-0.39, 0.29) is 11.4 Å². The highest BCUT2D eigenvalue weighted by Gasteiger charge is 2.55. The van der Waals surface area contributed by atoms with Gasteiger partial charge in [-0.25, -0.2) is 0 Å². The zero-order valence-corrected chi connectivity index (χ0v) is 10.2. The topological polar surface area (TPSA) is 26.3 Å². The summed E-state index contributed by atoms with van der Waals surface area (Å²) >= 11 is 0. The number of ether oxygens (including phenoxy) is 1. The molecule has 4 aliphatic rings. The normalized spacial score (nSPS) is 44.7. The first-order chi connectivity index (χ1) is 7.72. The maximum Gasteiger partial charge on any atom is 0.312 e. The van der Waals surface area contributed by atoms with Gasteiger partial charge in [0.15, 0.2) is 0 Å². The summed E-state index contributed by atoms with van der Waals surface area (Å²) in [6.45, 7) is 2.67. The number of carbonyl (C=O) groups is 1. The van der Waals surface area contributed by atoms with Crippen molar-refractivity contribution < 1.29 is 9.53 Å². The summed E-state index contributed by atoms with van der Waals surface area (Å²) in [5.41, 5.74) is -0.0517. The molecule has 0 heterocycles. The van der Waals surface area contributed by atoms with E-state index in [4.69, 9.17) is 4.74 Å². The Morgan fingerprint density at radius 1 is 1.12 bits per heavy atom. The predicted octanol–water partition coefficient (Wildman–Crippen LogP) is 3.16. The molecule has 4 fully saturated rings. The lowest BCUT2D eigenvalue weighted by Crippen LogP contribution is -2.50. The number of hydrogen-bond acceptors (Lipinski definition) is 2. The first kappa shape index (κ1) is 10.6. The van der Waals surface area contributed by atoms with Crippen LogP contribution in [-0.4, -0.2) is 12.6 Å². The second-order valence-corrected chi connectivity index (χ2v) is 6.33. The lowest BCUT2D eigenvalue weighted by Gasteiger charge is -2.55. The fourth-order valence-corrected chi connectivity index (χ4v) is 4.71. The van der Waals surface area contributed by atoms with Crippen LogP contribution in [0.2, 0.25) is 0 Å². The highest BCUT2D eigenvalue weighted by atomic mass is 16.5. The van der Waals surface area contributed by atoms with Gasteiger partial charge in [0, 0.05) is 0 Å². The van der Waals surface area contributed by atoms with Crippen molar-refractivity contribution in [2.75, 3.05) is 6.61 Å². The number of rotatable bonds is 3. The first-order valence-electron chi connectivity index (χ1n) is 6.89. The minimum Gasteiger partial charge on any atom is -0.465 e. The van der Waals surface area contributed by atoms with Gasteiger partial charge in [-0.3, -0.25) is 4.79 Å². The van der Waals surface area contributed by atoms with E-state index in [0.717, 1.165) is 43.4 Å². The summed E-state index contributed by atoms with van der Waals surface area (Å²) < 4.78 is 5.44. The number of carbonyl (C=O) groups excluding carboxylic acids is 1. The van der Waals surface area contributed by atoms with E-state index in [9.17, 15) is 4.79 Å². The molecule has 0 spiro atoms. The van der Waals surface area contributed by atoms with Crippen molar-refractivity contribution in [2.24, 2.45) is 23.2 Å². The Hall–Kier alpha value is -0.530. The van der Waals surface area contributed by atoms with Gasteiger partial charge in [0.05, 0.1) is 12.0 Å². The minimum absolute atomic E-state index is 0.0517. The molecule has 0 radical (unpaired) electrons. The van der Waals surface area contributed by atoms with Gasteiger partial charge in [-0.2, -0.15) is 0 Å². The van der Waals surface area contributed by atoms with Gasteiger partial charge in [-0.05, 0) is 62.7 Å². The van der Waals surface area contributed by atoms with Crippen molar-refractivity contribution in [1.29, 1.82) is 0 Å². The van der Waals surface area contributed by atoms with E-state index in [1.165, 1.54) is 19.3 Å². The van der Waals surface area contributed by atoms with Gasteiger partial charge in [0.25, 0.3) is 0 Å². The molecule has 4 bridgehead atoms. The molecule has 0 aromatic rings. The largest absolute Gasteiger partial charge is 0.465 e. The fraction of sp³-hybridized carbons (Fsp3) is 0.929. The van der Waals surface area contributed by atoms with Crippen molar-refractivity contribution in [3.05, 3.63) is 0 Å². The van der Waals surface area contributed by atoms with Crippen LogP contribution < -0.4 is 0 Å². The molecule has 0 aromatic heterocycles. The summed E-state index contributed by atoms with van der Waals surface area (Å²) in [4.78, 5) is 12.2. The van der Waals surface area contributed by atoms with Crippen molar-refractivity contribution in [2.45, 2.75) is 51.9 Å². The highest BCUT2D eigenvalue weighted by molar-refractivity contribution is 5.77. The lowest BCUT2D eigenvalue weighted by atomic mass is 9.49. The van der Waals surface area contributed by atoms with Gasteiger partial charge in [-0.15, -0.1) is 0 Å². The molecule has 0 atom stereocenters. The van der Waals surface area contributed by atoms with E-state index in [1.807, 2.05) is 0 Å². The minimum atomic E-state index is -0.0517. The van der Waals surface area contributed by atoms with Gasteiger partial charge in [-0.1, -0.05) is 6.92 Å². The summed E-state index contributed by atoms with van der Waals surface area (Å²) in [6.07, 6.45) is 8.49. The summed E-state index contributed by atoms with van der Waals surface area (Å²) in [5.74, 6) is 2.63. The van der Waals surface area contributed by atoms with Crippen molar-refractivity contribution in [3.8, 4) is 0 Å². The second-order valence-electron chi connectivity index (χ2n) is 6.33. The Labute approximate surface area is 97.7 Å². The Balaban J connectivity index is 1.75. The van der Waals surface area contributed by atoms with Crippen LogP contribution in [0.15, 0.2) is 0 Å². The van der Waals surface area contributed by atoms with Crippen LogP contribution in [0.4, 0.5) is 0 Å². The zero-order chi connectivity index (χ0) is 11.2. The monoisotopic (exact) mass is 222 g/mol. The highest BCUT2D eigenvalue weighted by Crippen LogP contribution is 2.60. The Morgan fingerprint density at radius 2 is 1.62 bits per heavy atom. The molecule has 4 rings (SSSR count). The molecule has 0 aromatic carbocycles. The van der Waals surface area contributed by atoms with Gasteiger partial charge in [0.1, 0.15) is 0 Å². The summed E-state index contributed by atoms with van der Waals surface area (Å²) in [7, 11) is 0. The van der Waals surface area contributed by atoms with Crippen molar-refractivity contribution in [3.63, 3.8) is 0 Å². The maximum absolute atomic E-state index is 12.2. The first-order valence-corrected chi connectivity index (χ1v) is 6.89. The van der Waals surface area contributed by atoms with Crippen LogP contribution in [0.1, 0.15) is 51.9 Å². The van der Waals surface area contributed by atoms with Gasteiger partial charge < -0.3 is 4.74 Å². The molecule has 2 heteroatoms. The fourth-order valence-electron chi connectivity index (χ4n) is 4.71. The smallest absolute Gasteiger partial charge is 0.312 e. The van der Waals surface area contributed by atoms with E-state index in [0.29, 0.717) is 6.61 Å². The van der Waals surface area contributed by atoms with E-state index >= 15 is 0 Å². The van der Waals surface area contributed by atoms with E-state index < -0.39 is 0 Å². The Kier molecular flexibility index (Phi) is 2.49. The molecule has 4 aliphatic carbocycles. The molecule has 16 heavy (non-hydrogen) atoms. The van der Waals surface area contributed by atoms with Crippen LogP contribution in [0.25, 0.3) is 0 Å². The summed E-state index contributed by atoms with van der Waals surface area (Å²) in [5, 5.41) is 0. The average Bonchev–Trinajstić information content (AvgIpc) is 2.24. The van der Waals surface area contributed by atoms with Crippen molar-refractivity contribution in [1.82, 2.24) is 0 Å². The van der Waals surface area contributed by atoms with Gasteiger partial charge in [0.2, 0.25) is 0 Å². The Bertz CT molecular complexity index is 260. The zero-order valence-electron chi connectivity index (χ0n) is 10.2. The standard InChI is InChI=1S/C14H22O2/c1-2-3-16-13(15)14-7-10-4-11(8-14)6-12(5-10)9-14/h10-12H,2-9H2,1H3. The second kappa shape index (κ2) is 3.75. The lowest BCUT2D eigenvalue weighted by molar-refractivity contribution is -0.171. The third-order valence-electron chi connectivity index (χ3n) is 4.91. The molecule has 2 nitrogen and oxygen atoms in total. The van der Waals surface area contributed by atoms with E-state index in [1.54, 1.807) is 0 Å². The molecule has 0 amide bonds. The molecular weight excluding hydrogens is 200 g/mol. The Morgan fingerprint density at radius 3 is 2.06 bits per heavy atom. The maximum atomic E-state index is 12.2. The quantitative estimate of drug-likeness (QED) is 0.686. The van der Waals surface area contributed by atoms with Crippen LogP contribution in [-0.2, 0) is 9.53 Å². The molecule has 0 saturated heterocycles. The predicted molar refractivity (Wildman–Crippen MR) is 61.9 cm³/mol.